The fourth-order valence-corrected chi connectivity index (χ4v) is 2.10. The first-order valence-electron chi connectivity index (χ1n) is 6.16. The molecule has 0 bridgehead atoms. The monoisotopic (exact) mass is 233 g/mol. The van der Waals surface area contributed by atoms with Crippen molar-refractivity contribution in [3.63, 3.8) is 0 Å². The molecule has 1 aromatic heterocycles. The molecule has 17 heavy (non-hydrogen) atoms. The van der Waals surface area contributed by atoms with Crippen LogP contribution in [0, 0.1) is 12.8 Å². The second-order valence-electron chi connectivity index (χ2n) is 4.53. The van der Waals surface area contributed by atoms with Crippen molar-refractivity contribution in [1.29, 1.82) is 0 Å². The molecule has 1 aromatic rings. The summed E-state index contributed by atoms with van der Waals surface area (Å²) in [4.78, 5) is 16.2. The van der Waals surface area contributed by atoms with E-state index >= 15 is 0 Å². The van der Waals surface area contributed by atoms with Crippen molar-refractivity contribution in [1.82, 2.24) is 15.6 Å². The first-order valence-corrected chi connectivity index (χ1v) is 6.16. The van der Waals surface area contributed by atoms with E-state index in [1.807, 2.05) is 25.1 Å². The molecule has 92 valence electrons. The molecule has 1 aliphatic rings. The van der Waals surface area contributed by atoms with Crippen molar-refractivity contribution in [2.75, 3.05) is 13.1 Å². The second-order valence-corrected chi connectivity index (χ2v) is 4.53. The Morgan fingerprint density at radius 1 is 1.59 bits per heavy atom. The van der Waals surface area contributed by atoms with E-state index in [9.17, 15) is 4.79 Å². The fourth-order valence-electron chi connectivity index (χ4n) is 2.10. The molecule has 2 rings (SSSR count). The highest BCUT2D eigenvalue weighted by atomic mass is 16.1. The Labute approximate surface area is 102 Å². The molecule has 2 heterocycles. The summed E-state index contributed by atoms with van der Waals surface area (Å²) < 4.78 is 0. The van der Waals surface area contributed by atoms with Gasteiger partial charge in [0.25, 0.3) is 0 Å². The van der Waals surface area contributed by atoms with E-state index in [2.05, 4.69) is 15.6 Å². The SMILES string of the molecule is Cc1cccc(CNC(=O)[C@@H]2CCCNC2)n1. The quantitative estimate of drug-likeness (QED) is 0.819. The minimum absolute atomic E-state index is 0.119. The molecular formula is C13H19N3O. The Morgan fingerprint density at radius 3 is 3.18 bits per heavy atom. The van der Waals surface area contributed by atoms with Gasteiger partial charge in [0.1, 0.15) is 0 Å². The lowest BCUT2D eigenvalue weighted by Gasteiger charge is -2.21. The van der Waals surface area contributed by atoms with E-state index < -0.39 is 0 Å². The van der Waals surface area contributed by atoms with E-state index in [-0.39, 0.29) is 11.8 Å². The number of carbonyl (C=O) groups is 1. The first kappa shape index (κ1) is 12.0. The highest BCUT2D eigenvalue weighted by Crippen LogP contribution is 2.09. The summed E-state index contributed by atoms with van der Waals surface area (Å²) >= 11 is 0. The van der Waals surface area contributed by atoms with Crippen molar-refractivity contribution >= 4 is 5.91 Å². The van der Waals surface area contributed by atoms with Crippen LogP contribution in [0.25, 0.3) is 0 Å². The zero-order chi connectivity index (χ0) is 12.1. The van der Waals surface area contributed by atoms with Gasteiger partial charge in [0.05, 0.1) is 18.2 Å². The third kappa shape index (κ3) is 3.53. The lowest BCUT2D eigenvalue weighted by atomic mass is 9.99. The number of nitrogens with one attached hydrogen (secondary N) is 2. The molecule has 0 spiro atoms. The van der Waals surface area contributed by atoms with Crippen LogP contribution < -0.4 is 10.6 Å². The molecule has 1 aliphatic heterocycles. The van der Waals surface area contributed by atoms with Gasteiger partial charge in [-0.25, -0.2) is 0 Å². The Morgan fingerprint density at radius 2 is 2.47 bits per heavy atom. The summed E-state index contributed by atoms with van der Waals surface area (Å²) in [5, 5.41) is 6.20. The highest BCUT2D eigenvalue weighted by molar-refractivity contribution is 5.78. The van der Waals surface area contributed by atoms with Gasteiger partial charge in [-0.2, -0.15) is 0 Å². The van der Waals surface area contributed by atoms with Gasteiger partial charge in [-0.1, -0.05) is 6.07 Å². The molecule has 4 nitrogen and oxygen atoms in total. The van der Waals surface area contributed by atoms with Crippen LogP contribution in [-0.4, -0.2) is 24.0 Å². The molecule has 1 atom stereocenters. The van der Waals surface area contributed by atoms with Crippen molar-refractivity contribution < 1.29 is 4.79 Å². The number of carbonyl (C=O) groups excluding carboxylic acids is 1. The van der Waals surface area contributed by atoms with Crippen LogP contribution in [0.15, 0.2) is 18.2 Å². The van der Waals surface area contributed by atoms with Crippen LogP contribution in [0.2, 0.25) is 0 Å². The summed E-state index contributed by atoms with van der Waals surface area (Å²) in [7, 11) is 0. The molecule has 0 aliphatic carbocycles. The summed E-state index contributed by atoms with van der Waals surface area (Å²) in [6.07, 6.45) is 2.07. The zero-order valence-electron chi connectivity index (χ0n) is 10.2. The van der Waals surface area contributed by atoms with Crippen LogP contribution in [0.5, 0.6) is 0 Å². The molecule has 0 unspecified atom stereocenters. The standard InChI is InChI=1S/C13H19N3O/c1-10-4-2-6-12(16-10)9-15-13(17)11-5-3-7-14-8-11/h2,4,6,11,14H,3,5,7-9H2,1H3,(H,15,17)/t11-/m1/s1. The van der Waals surface area contributed by atoms with E-state index in [0.717, 1.165) is 37.3 Å². The third-order valence-electron chi connectivity index (χ3n) is 3.06. The van der Waals surface area contributed by atoms with E-state index in [1.165, 1.54) is 0 Å². The van der Waals surface area contributed by atoms with Crippen LogP contribution in [0.4, 0.5) is 0 Å². The molecule has 1 saturated heterocycles. The Hall–Kier alpha value is -1.42. The fraction of sp³-hybridized carbons (Fsp3) is 0.538. The minimum Gasteiger partial charge on any atom is -0.350 e. The predicted octanol–water partition coefficient (Wildman–Crippen LogP) is 1.01. The number of rotatable bonds is 3. The average molecular weight is 233 g/mol. The third-order valence-corrected chi connectivity index (χ3v) is 3.06. The zero-order valence-corrected chi connectivity index (χ0v) is 10.2. The molecule has 4 heteroatoms. The summed E-state index contributed by atoms with van der Waals surface area (Å²) in [6, 6.07) is 5.86. The smallest absolute Gasteiger partial charge is 0.224 e. The van der Waals surface area contributed by atoms with E-state index in [4.69, 9.17) is 0 Å². The molecule has 0 radical (unpaired) electrons. The molecule has 0 aromatic carbocycles. The summed E-state index contributed by atoms with van der Waals surface area (Å²) in [5.41, 5.74) is 1.90. The highest BCUT2D eigenvalue weighted by Gasteiger charge is 2.20. The maximum absolute atomic E-state index is 11.9. The Kier molecular flexibility index (Phi) is 4.09. The first-order chi connectivity index (χ1) is 8.25. The van der Waals surface area contributed by atoms with Gasteiger partial charge in [-0.05, 0) is 38.4 Å². The predicted molar refractivity (Wildman–Crippen MR) is 66.4 cm³/mol. The number of aromatic nitrogens is 1. The van der Waals surface area contributed by atoms with Gasteiger partial charge in [0, 0.05) is 12.2 Å². The van der Waals surface area contributed by atoms with Crippen LogP contribution in [-0.2, 0) is 11.3 Å². The maximum atomic E-state index is 11.9. The number of pyridine rings is 1. The van der Waals surface area contributed by atoms with Crippen molar-refractivity contribution in [2.45, 2.75) is 26.3 Å². The van der Waals surface area contributed by atoms with E-state index in [0.29, 0.717) is 6.54 Å². The minimum atomic E-state index is 0.119. The number of hydrogen-bond acceptors (Lipinski definition) is 3. The van der Waals surface area contributed by atoms with Gasteiger partial charge in [0.2, 0.25) is 5.91 Å². The van der Waals surface area contributed by atoms with Gasteiger partial charge in [-0.15, -0.1) is 0 Å². The normalized spacial score (nSPS) is 19.9. The molecule has 0 saturated carbocycles. The Balaban J connectivity index is 1.83. The topological polar surface area (TPSA) is 54.0 Å². The lowest BCUT2D eigenvalue weighted by Crippen LogP contribution is -2.40. The van der Waals surface area contributed by atoms with Crippen LogP contribution in [0.3, 0.4) is 0 Å². The number of aryl methyl sites for hydroxylation is 1. The maximum Gasteiger partial charge on any atom is 0.224 e. The number of piperidine rings is 1. The molecular weight excluding hydrogens is 214 g/mol. The molecule has 1 amide bonds. The van der Waals surface area contributed by atoms with Gasteiger partial charge in [-0.3, -0.25) is 9.78 Å². The van der Waals surface area contributed by atoms with Crippen molar-refractivity contribution in [3.05, 3.63) is 29.6 Å². The van der Waals surface area contributed by atoms with Gasteiger partial charge >= 0.3 is 0 Å². The number of nitrogens with zero attached hydrogens (tertiary/aromatic N) is 1. The van der Waals surface area contributed by atoms with Crippen LogP contribution >= 0.6 is 0 Å². The largest absolute Gasteiger partial charge is 0.350 e. The number of hydrogen-bond donors (Lipinski definition) is 2. The second kappa shape index (κ2) is 5.77. The van der Waals surface area contributed by atoms with E-state index in [1.54, 1.807) is 0 Å². The summed E-state index contributed by atoms with van der Waals surface area (Å²) in [5.74, 6) is 0.258. The van der Waals surface area contributed by atoms with Crippen molar-refractivity contribution in [2.24, 2.45) is 5.92 Å². The van der Waals surface area contributed by atoms with Gasteiger partial charge in [0.15, 0.2) is 0 Å². The number of amides is 1. The average Bonchev–Trinajstić information content (AvgIpc) is 2.37. The molecule has 1 fully saturated rings. The van der Waals surface area contributed by atoms with Crippen molar-refractivity contribution in [3.8, 4) is 0 Å². The van der Waals surface area contributed by atoms with Crippen LogP contribution in [0.1, 0.15) is 24.2 Å². The van der Waals surface area contributed by atoms with Gasteiger partial charge < -0.3 is 10.6 Å². The summed E-state index contributed by atoms with van der Waals surface area (Å²) in [6.45, 7) is 4.31. The lowest BCUT2D eigenvalue weighted by molar-refractivity contribution is -0.125. The Bertz CT molecular complexity index is 386. The molecule has 2 N–H and O–H groups in total.